The van der Waals surface area contributed by atoms with Gasteiger partial charge in [-0.05, 0) is 19.4 Å². The number of nitrogens with two attached hydrogens (primary N) is 1. The van der Waals surface area contributed by atoms with Gasteiger partial charge < -0.3 is 15.4 Å². The van der Waals surface area contributed by atoms with Crippen molar-refractivity contribution in [2.24, 2.45) is 5.73 Å². The van der Waals surface area contributed by atoms with Crippen LogP contribution in [0.25, 0.3) is 0 Å². The number of halogens is 3. The first-order valence-electron chi connectivity index (χ1n) is 7.02. The van der Waals surface area contributed by atoms with Crippen molar-refractivity contribution in [1.82, 2.24) is 4.98 Å². The Labute approximate surface area is 122 Å². The van der Waals surface area contributed by atoms with Gasteiger partial charge in [-0.2, -0.15) is 13.2 Å². The maximum absolute atomic E-state index is 12.9. The van der Waals surface area contributed by atoms with E-state index in [2.05, 4.69) is 4.98 Å². The molecule has 2 heterocycles. The molecule has 1 fully saturated rings. The Kier molecular flexibility index (Phi) is 4.73. The van der Waals surface area contributed by atoms with Gasteiger partial charge in [-0.1, -0.05) is 13.0 Å². The molecule has 2 atom stereocenters. The lowest BCUT2D eigenvalue weighted by molar-refractivity contribution is -0.141. The second-order valence-corrected chi connectivity index (χ2v) is 5.24. The van der Waals surface area contributed by atoms with Crippen LogP contribution in [0.3, 0.4) is 0 Å². The quantitative estimate of drug-likeness (QED) is 0.932. The lowest BCUT2D eigenvalue weighted by Gasteiger charge is -2.40. The van der Waals surface area contributed by atoms with Gasteiger partial charge in [-0.15, -0.1) is 0 Å². The Morgan fingerprint density at radius 1 is 1.43 bits per heavy atom. The fourth-order valence-electron chi connectivity index (χ4n) is 2.48. The molecule has 0 aromatic carbocycles. The molecule has 4 nitrogen and oxygen atoms in total. The van der Waals surface area contributed by atoms with Crippen LogP contribution in [0.5, 0.6) is 0 Å². The van der Waals surface area contributed by atoms with E-state index in [0.29, 0.717) is 24.5 Å². The average Bonchev–Trinajstić information content (AvgIpc) is 2.45. The third-order valence-corrected chi connectivity index (χ3v) is 3.68. The monoisotopic (exact) mass is 303 g/mol. The van der Waals surface area contributed by atoms with Gasteiger partial charge in [0.25, 0.3) is 0 Å². The molecule has 1 aliphatic rings. The van der Waals surface area contributed by atoms with Crippen molar-refractivity contribution in [3.05, 3.63) is 23.4 Å². The zero-order valence-corrected chi connectivity index (χ0v) is 12.2. The van der Waals surface area contributed by atoms with Crippen LogP contribution in [-0.4, -0.2) is 30.3 Å². The Balaban J connectivity index is 2.43. The molecule has 1 aliphatic heterocycles. The highest BCUT2D eigenvalue weighted by Gasteiger charge is 2.35. The van der Waals surface area contributed by atoms with Crippen LogP contribution < -0.4 is 10.6 Å². The van der Waals surface area contributed by atoms with Crippen molar-refractivity contribution in [2.75, 3.05) is 18.1 Å². The van der Waals surface area contributed by atoms with Crippen LogP contribution in [0.1, 0.15) is 31.5 Å². The number of hydrogen-bond acceptors (Lipinski definition) is 4. The smallest absolute Gasteiger partial charge is 0.375 e. The highest BCUT2D eigenvalue weighted by atomic mass is 19.4. The minimum atomic E-state index is -4.46. The minimum absolute atomic E-state index is 0.0162. The summed E-state index contributed by atoms with van der Waals surface area (Å²) in [4.78, 5) is 5.73. The third kappa shape index (κ3) is 3.47. The summed E-state index contributed by atoms with van der Waals surface area (Å²) in [6.07, 6.45) is -3.73. The second kappa shape index (κ2) is 6.19. The molecule has 0 radical (unpaired) electrons. The van der Waals surface area contributed by atoms with Gasteiger partial charge in [0.15, 0.2) is 0 Å². The van der Waals surface area contributed by atoms with Crippen LogP contribution in [0.2, 0.25) is 0 Å². The molecule has 118 valence electrons. The van der Waals surface area contributed by atoms with Crippen LogP contribution in [-0.2, 0) is 17.5 Å². The fourth-order valence-corrected chi connectivity index (χ4v) is 2.48. The van der Waals surface area contributed by atoms with Gasteiger partial charge in [0.1, 0.15) is 11.5 Å². The van der Waals surface area contributed by atoms with Gasteiger partial charge in [-0.3, -0.25) is 0 Å². The molecule has 2 rings (SSSR count). The lowest BCUT2D eigenvalue weighted by Crippen LogP contribution is -2.49. The molecule has 1 aromatic heterocycles. The van der Waals surface area contributed by atoms with E-state index in [-0.39, 0.29) is 18.7 Å². The van der Waals surface area contributed by atoms with Crippen LogP contribution in [0, 0.1) is 0 Å². The SMILES string of the molecule is CCC1COC(C)CN1c1nc(C(F)(F)F)ccc1CN. The number of nitrogens with zero attached hydrogens (tertiary/aromatic N) is 2. The van der Waals surface area contributed by atoms with Crippen LogP contribution >= 0.6 is 0 Å². The summed E-state index contributed by atoms with van der Waals surface area (Å²) in [6.45, 7) is 5.03. The molecular weight excluding hydrogens is 283 g/mol. The highest BCUT2D eigenvalue weighted by Crippen LogP contribution is 2.32. The third-order valence-electron chi connectivity index (χ3n) is 3.68. The first-order chi connectivity index (χ1) is 9.86. The molecule has 0 spiro atoms. The zero-order chi connectivity index (χ0) is 15.6. The number of ether oxygens (including phenoxy) is 1. The number of rotatable bonds is 3. The van der Waals surface area contributed by atoms with E-state index in [1.807, 2.05) is 18.7 Å². The summed E-state index contributed by atoms with van der Waals surface area (Å²) in [7, 11) is 0. The van der Waals surface area contributed by atoms with Gasteiger partial charge in [0, 0.05) is 18.7 Å². The summed E-state index contributed by atoms with van der Waals surface area (Å²) in [5.74, 6) is 0.328. The number of anilines is 1. The van der Waals surface area contributed by atoms with E-state index < -0.39 is 11.9 Å². The van der Waals surface area contributed by atoms with E-state index in [9.17, 15) is 13.2 Å². The molecule has 2 N–H and O–H groups in total. The van der Waals surface area contributed by atoms with E-state index in [0.717, 1.165) is 12.5 Å². The largest absolute Gasteiger partial charge is 0.433 e. The molecule has 2 unspecified atom stereocenters. The normalized spacial score (nSPS) is 23.4. The van der Waals surface area contributed by atoms with Crippen LogP contribution in [0.15, 0.2) is 12.1 Å². The van der Waals surface area contributed by atoms with Crippen molar-refractivity contribution < 1.29 is 17.9 Å². The van der Waals surface area contributed by atoms with Crippen molar-refractivity contribution in [1.29, 1.82) is 0 Å². The van der Waals surface area contributed by atoms with Crippen molar-refractivity contribution in [3.8, 4) is 0 Å². The Hall–Kier alpha value is -1.34. The summed E-state index contributed by atoms with van der Waals surface area (Å²) in [5, 5.41) is 0. The predicted octanol–water partition coefficient (Wildman–Crippen LogP) is 2.56. The molecular formula is C14H20F3N3O. The average molecular weight is 303 g/mol. The van der Waals surface area contributed by atoms with Crippen molar-refractivity contribution in [2.45, 2.75) is 45.1 Å². The Morgan fingerprint density at radius 2 is 2.14 bits per heavy atom. The summed E-state index contributed by atoms with van der Waals surface area (Å²) >= 11 is 0. The van der Waals surface area contributed by atoms with Gasteiger partial charge in [0.2, 0.25) is 0 Å². The molecule has 7 heteroatoms. The van der Waals surface area contributed by atoms with E-state index in [4.69, 9.17) is 10.5 Å². The first kappa shape index (κ1) is 16.0. The summed E-state index contributed by atoms with van der Waals surface area (Å²) < 4.78 is 44.2. The topological polar surface area (TPSA) is 51.4 Å². The lowest BCUT2D eigenvalue weighted by atomic mass is 10.1. The highest BCUT2D eigenvalue weighted by molar-refractivity contribution is 5.49. The van der Waals surface area contributed by atoms with Crippen molar-refractivity contribution in [3.63, 3.8) is 0 Å². The summed E-state index contributed by atoms with van der Waals surface area (Å²) in [6, 6.07) is 2.41. The molecule has 0 aliphatic carbocycles. The van der Waals surface area contributed by atoms with Gasteiger partial charge in [-0.25, -0.2) is 4.98 Å². The van der Waals surface area contributed by atoms with Crippen LogP contribution in [0.4, 0.5) is 19.0 Å². The molecule has 0 bridgehead atoms. The standard InChI is InChI=1S/C14H20F3N3O/c1-3-11-8-21-9(2)7-20(11)13-10(6-18)4-5-12(19-13)14(15,16)17/h4-5,9,11H,3,6-8,18H2,1-2H3. The number of alkyl halides is 3. The molecule has 0 saturated carbocycles. The minimum Gasteiger partial charge on any atom is -0.375 e. The number of morpholine rings is 1. The van der Waals surface area contributed by atoms with Gasteiger partial charge in [0.05, 0.1) is 18.8 Å². The number of hydrogen-bond donors (Lipinski definition) is 1. The Morgan fingerprint density at radius 3 is 2.71 bits per heavy atom. The fraction of sp³-hybridized carbons (Fsp3) is 0.643. The predicted molar refractivity (Wildman–Crippen MR) is 74.0 cm³/mol. The molecule has 21 heavy (non-hydrogen) atoms. The molecule has 0 amide bonds. The number of pyridine rings is 1. The van der Waals surface area contributed by atoms with Gasteiger partial charge >= 0.3 is 6.18 Å². The molecule has 1 aromatic rings. The van der Waals surface area contributed by atoms with Crippen molar-refractivity contribution >= 4 is 5.82 Å². The summed E-state index contributed by atoms with van der Waals surface area (Å²) in [5.41, 5.74) is 5.39. The van der Waals surface area contributed by atoms with E-state index in [1.165, 1.54) is 6.07 Å². The van der Waals surface area contributed by atoms with E-state index in [1.54, 1.807) is 0 Å². The first-order valence-corrected chi connectivity index (χ1v) is 7.02. The Bertz CT molecular complexity index is 493. The van der Waals surface area contributed by atoms with E-state index >= 15 is 0 Å². The zero-order valence-electron chi connectivity index (χ0n) is 12.2. The number of aromatic nitrogens is 1. The maximum Gasteiger partial charge on any atom is 0.433 e. The second-order valence-electron chi connectivity index (χ2n) is 5.24. The maximum atomic E-state index is 12.9. The molecule has 1 saturated heterocycles.